The molecule has 2 aromatic rings. The van der Waals surface area contributed by atoms with Crippen molar-refractivity contribution >= 4 is 5.91 Å². The molecule has 0 aliphatic heterocycles. The molecule has 1 aromatic heterocycles. The third-order valence-corrected chi connectivity index (χ3v) is 3.19. The summed E-state index contributed by atoms with van der Waals surface area (Å²) < 4.78 is 1.79. The smallest absolute Gasteiger partial charge is 0.237 e. The number of rotatable bonds is 6. The van der Waals surface area contributed by atoms with Gasteiger partial charge in [0.15, 0.2) is 0 Å². The van der Waals surface area contributed by atoms with Gasteiger partial charge >= 0.3 is 0 Å². The first-order valence-corrected chi connectivity index (χ1v) is 7.18. The minimum atomic E-state index is -0.450. The van der Waals surface area contributed by atoms with Crippen molar-refractivity contribution in [3.8, 4) is 5.69 Å². The second-order valence-corrected chi connectivity index (χ2v) is 5.58. The van der Waals surface area contributed by atoms with E-state index in [9.17, 15) is 4.79 Å². The van der Waals surface area contributed by atoms with Crippen molar-refractivity contribution in [2.75, 3.05) is 0 Å². The molecule has 0 aliphatic carbocycles. The lowest BCUT2D eigenvalue weighted by Crippen LogP contribution is -2.40. The Kier molecular flexibility index (Phi) is 5.11. The van der Waals surface area contributed by atoms with Gasteiger partial charge in [-0.1, -0.05) is 32.0 Å². The molecule has 1 aromatic carbocycles. The van der Waals surface area contributed by atoms with Crippen LogP contribution in [-0.2, 0) is 11.3 Å². The molecule has 112 valence electrons. The fourth-order valence-electron chi connectivity index (χ4n) is 2.11. The van der Waals surface area contributed by atoms with E-state index in [4.69, 9.17) is 5.73 Å². The van der Waals surface area contributed by atoms with Crippen LogP contribution >= 0.6 is 0 Å². The molecule has 2 rings (SSSR count). The normalized spacial score (nSPS) is 12.4. The van der Waals surface area contributed by atoms with Gasteiger partial charge in [0.05, 0.1) is 17.9 Å². The zero-order valence-corrected chi connectivity index (χ0v) is 12.5. The van der Waals surface area contributed by atoms with Gasteiger partial charge in [0, 0.05) is 18.3 Å². The minimum Gasteiger partial charge on any atom is -0.351 e. The number of hydrogen-bond acceptors (Lipinski definition) is 3. The maximum absolute atomic E-state index is 11.9. The largest absolute Gasteiger partial charge is 0.351 e. The highest BCUT2D eigenvalue weighted by molar-refractivity contribution is 5.81. The van der Waals surface area contributed by atoms with Gasteiger partial charge in [0.1, 0.15) is 0 Å². The number of nitrogens with two attached hydrogens (primary N) is 1. The van der Waals surface area contributed by atoms with Crippen molar-refractivity contribution in [1.82, 2.24) is 15.1 Å². The highest BCUT2D eigenvalue weighted by atomic mass is 16.2. The van der Waals surface area contributed by atoms with Crippen molar-refractivity contribution in [3.05, 3.63) is 48.3 Å². The van der Waals surface area contributed by atoms with Crippen LogP contribution in [0.4, 0.5) is 0 Å². The molecule has 0 saturated carbocycles. The predicted molar refractivity (Wildman–Crippen MR) is 82.8 cm³/mol. The quantitative estimate of drug-likeness (QED) is 0.851. The van der Waals surface area contributed by atoms with Crippen LogP contribution in [0, 0.1) is 5.92 Å². The highest BCUT2D eigenvalue weighted by Crippen LogP contribution is 2.08. The van der Waals surface area contributed by atoms with Crippen LogP contribution in [0.3, 0.4) is 0 Å². The molecule has 21 heavy (non-hydrogen) atoms. The van der Waals surface area contributed by atoms with E-state index in [1.807, 2.05) is 36.5 Å². The Morgan fingerprint density at radius 2 is 2.05 bits per heavy atom. The van der Waals surface area contributed by atoms with Crippen molar-refractivity contribution in [2.24, 2.45) is 11.7 Å². The number of carbonyl (C=O) groups excluding carboxylic acids is 1. The zero-order chi connectivity index (χ0) is 15.2. The Balaban J connectivity index is 1.90. The van der Waals surface area contributed by atoms with Crippen LogP contribution in [-0.4, -0.2) is 21.7 Å². The molecule has 0 spiro atoms. The monoisotopic (exact) mass is 286 g/mol. The van der Waals surface area contributed by atoms with Gasteiger partial charge in [-0.2, -0.15) is 5.10 Å². The fourth-order valence-corrected chi connectivity index (χ4v) is 2.11. The number of benzene rings is 1. The third-order valence-electron chi connectivity index (χ3n) is 3.19. The second kappa shape index (κ2) is 7.04. The molecule has 0 aliphatic rings. The molecular formula is C16H22N4O. The summed E-state index contributed by atoms with van der Waals surface area (Å²) in [6.45, 7) is 4.55. The summed E-state index contributed by atoms with van der Waals surface area (Å²) >= 11 is 0. The van der Waals surface area contributed by atoms with E-state index in [2.05, 4.69) is 24.3 Å². The van der Waals surface area contributed by atoms with Gasteiger partial charge in [-0.15, -0.1) is 0 Å². The molecule has 0 saturated heterocycles. The van der Waals surface area contributed by atoms with Crippen LogP contribution in [0.2, 0.25) is 0 Å². The van der Waals surface area contributed by atoms with Crippen LogP contribution in [0.1, 0.15) is 25.8 Å². The average molecular weight is 286 g/mol. The van der Waals surface area contributed by atoms with E-state index in [-0.39, 0.29) is 5.91 Å². The number of hydrogen-bond donors (Lipinski definition) is 2. The number of nitrogens with one attached hydrogen (secondary N) is 1. The SMILES string of the molecule is CC(C)C[C@H](N)C(=O)NCc1cnn(-c2ccccc2)c1. The van der Waals surface area contributed by atoms with E-state index in [1.165, 1.54) is 0 Å². The van der Waals surface area contributed by atoms with Crippen molar-refractivity contribution in [2.45, 2.75) is 32.9 Å². The lowest BCUT2D eigenvalue weighted by molar-refractivity contribution is -0.122. The van der Waals surface area contributed by atoms with Gasteiger partial charge in [0.25, 0.3) is 0 Å². The van der Waals surface area contributed by atoms with Crippen LogP contribution in [0.5, 0.6) is 0 Å². The summed E-state index contributed by atoms with van der Waals surface area (Å²) in [4.78, 5) is 11.9. The van der Waals surface area contributed by atoms with Gasteiger partial charge in [0.2, 0.25) is 5.91 Å². The minimum absolute atomic E-state index is 0.115. The average Bonchev–Trinajstić information content (AvgIpc) is 2.94. The predicted octanol–water partition coefficient (Wildman–Crippen LogP) is 1.86. The summed E-state index contributed by atoms with van der Waals surface area (Å²) in [7, 11) is 0. The Morgan fingerprint density at radius 1 is 1.33 bits per heavy atom. The number of carbonyl (C=O) groups is 1. The van der Waals surface area contributed by atoms with Gasteiger partial charge in [-0.05, 0) is 24.5 Å². The third kappa shape index (κ3) is 4.43. The van der Waals surface area contributed by atoms with Gasteiger partial charge in [-0.3, -0.25) is 4.79 Å². The summed E-state index contributed by atoms with van der Waals surface area (Å²) in [5, 5.41) is 7.14. The summed E-state index contributed by atoms with van der Waals surface area (Å²) in [5.41, 5.74) is 7.79. The first kappa shape index (κ1) is 15.3. The second-order valence-electron chi connectivity index (χ2n) is 5.58. The Hall–Kier alpha value is -2.14. The standard InChI is InChI=1S/C16H22N4O/c1-12(2)8-15(17)16(21)18-9-13-10-19-20(11-13)14-6-4-3-5-7-14/h3-7,10-12,15H,8-9,17H2,1-2H3,(H,18,21)/t15-/m0/s1. The zero-order valence-electron chi connectivity index (χ0n) is 12.5. The summed E-state index contributed by atoms with van der Waals surface area (Å²) in [6.07, 6.45) is 4.35. The molecule has 3 N–H and O–H groups in total. The summed E-state index contributed by atoms with van der Waals surface area (Å²) in [6, 6.07) is 9.40. The molecule has 0 bridgehead atoms. The lowest BCUT2D eigenvalue weighted by Gasteiger charge is -2.13. The molecule has 5 heteroatoms. The molecule has 0 fully saturated rings. The molecule has 0 radical (unpaired) electrons. The van der Waals surface area contributed by atoms with Crippen LogP contribution in [0.15, 0.2) is 42.7 Å². The summed E-state index contributed by atoms with van der Waals surface area (Å²) in [5.74, 6) is 0.294. The Bertz CT molecular complexity index is 577. The van der Waals surface area contributed by atoms with E-state index in [1.54, 1.807) is 10.9 Å². The molecular weight excluding hydrogens is 264 g/mol. The number of aromatic nitrogens is 2. The fraction of sp³-hybridized carbons (Fsp3) is 0.375. The number of amides is 1. The highest BCUT2D eigenvalue weighted by Gasteiger charge is 2.14. The molecule has 1 amide bonds. The number of para-hydroxylation sites is 1. The van der Waals surface area contributed by atoms with Crippen molar-refractivity contribution in [1.29, 1.82) is 0 Å². The Labute approximate surface area is 125 Å². The van der Waals surface area contributed by atoms with E-state index in [0.717, 1.165) is 11.3 Å². The molecule has 1 heterocycles. The Morgan fingerprint density at radius 3 is 2.71 bits per heavy atom. The maximum atomic E-state index is 11.9. The molecule has 1 atom stereocenters. The van der Waals surface area contributed by atoms with Crippen LogP contribution in [0.25, 0.3) is 5.69 Å². The molecule has 5 nitrogen and oxygen atoms in total. The number of nitrogens with zero attached hydrogens (tertiary/aromatic N) is 2. The molecule has 0 unspecified atom stereocenters. The lowest BCUT2D eigenvalue weighted by atomic mass is 10.0. The van der Waals surface area contributed by atoms with E-state index < -0.39 is 6.04 Å². The van der Waals surface area contributed by atoms with Crippen molar-refractivity contribution < 1.29 is 4.79 Å². The maximum Gasteiger partial charge on any atom is 0.237 e. The van der Waals surface area contributed by atoms with Crippen molar-refractivity contribution in [3.63, 3.8) is 0 Å². The van der Waals surface area contributed by atoms with E-state index >= 15 is 0 Å². The first-order valence-electron chi connectivity index (χ1n) is 7.18. The topological polar surface area (TPSA) is 72.9 Å². The van der Waals surface area contributed by atoms with E-state index in [0.29, 0.717) is 18.9 Å². The first-order chi connectivity index (χ1) is 10.1. The van der Waals surface area contributed by atoms with Gasteiger partial charge < -0.3 is 11.1 Å². The van der Waals surface area contributed by atoms with Gasteiger partial charge in [-0.25, -0.2) is 4.68 Å². The van der Waals surface area contributed by atoms with Crippen LogP contribution < -0.4 is 11.1 Å².